The van der Waals surface area contributed by atoms with E-state index in [4.69, 9.17) is 4.74 Å². The Morgan fingerprint density at radius 2 is 2.47 bits per heavy atom. The Labute approximate surface area is 103 Å². The first kappa shape index (κ1) is 12.8. The van der Waals surface area contributed by atoms with Crippen LogP contribution < -0.4 is 10.6 Å². The molecule has 2 aliphatic rings. The standard InChI is InChI=1S/C12H23N3O2/c1-13-11(16)7-15-5-6-17-10-12(9-15)3-2-4-14-8-12/h14H,2-10H2,1H3,(H,13,16)/t12-/m1/s1. The molecule has 2 rings (SSSR count). The van der Waals surface area contributed by atoms with E-state index in [1.165, 1.54) is 12.8 Å². The monoisotopic (exact) mass is 241 g/mol. The minimum absolute atomic E-state index is 0.0887. The van der Waals surface area contributed by atoms with Crippen molar-refractivity contribution < 1.29 is 9.53 Å². The predicted octanol–water partition coefficient (Wildman–Crippen LogP) is -0.566. The molecule has 0 aliphatic carbocycles. The molecule has 0 aromatic heterocycles. The fraction of sp³-hybridized carbons (Fsp3) is 0.917. The maximum absolute atomic E-state index is 11.5. The molecule has 0 radical (unpaired) electrons. The lowest BCUT2D eigenvalue weighted by molar-refractivity contribution is -0.122. The molecule has 0 aromatic rings. The first-order chi connectivity index (χ1) is 8.24. The van der Waals surface area contributed by atoms with Gasteiger partial charge in [-0.3, -0.25) is 9.69 Å². The number of piperidine rings is 1. The molecule has 1 atom stereocenters. The summed E-state index contributed by atoms with van der Waals surface area (Å²) in [7, 11) is 1.69. The molecule has 2 fully saturated rings. The Morgan fingerprint density at radius 1 is 1.59 bits per heavy atom. The lowest BCUT2D eigenvalue weighted by Crippen LogP contribution is -2.50. The fourth-order valence-corrected chi connectivity index (χ4v) is 2.79. The number of carbonyl (C=O) groups excluding carboxylic acids is 1. The molecule has 5 heteroatoms. The number of hydrogen-bond acceptors (Lipinski definition) is 4. The lowest BCUT2D eigenvalue weighted by Gasteiger charge is -2.38. The van der Waals surface area contributed by atoms with Gasteiger partial charge in [0.05, 0.1) is 19.8 Å². The highest BCUT2D eigenvalue weighted by Crippen LogP contribution is 2.29. The zero-order valence-electron chi connectivity index (χ0n) is 10.6. The smallest absolute Gasteiger partial charge is 0.233 e. The van der Waals surface area contributed by atoms with E-state index in [-0.39, 0.29) is 11.3 Å². The summed E-state index contributed by atoms with van der Waals surface area (Å²) in [5, 5.41) is 6.14. The number of nitrogens with zero attached hydrogens (tertiary/aromatic N) is 1. The van der Waals surface area contributed by atoms with Gasteiger partial charge >= 0.3 is 0 Å². The van der Waals surface area contributed by atoms with Crippen molar-refractivity contribution in [1.29, 1.82) is 0 Å². The van der Waals surface area contributed by atoms with Crippen molar-refractivity contribution in [2.24, 2.45) is 5.41 Å². The molecule has 1 spiro atoms. The van der Waals surface area contributed by atoms with Gasteiger partial charge in [-0.1, -0.05) is 0 Å². The summed E-state index contributed by atoms with van der Waals surface area (Å²) in [6.07, 6.45) is 2.40. The van der Waals surface area contributed by atoms with Gasteiger partial charge in [-0.2, -0.15) is 0 Å². The van der Waals surface area contributed by atoms with Gasteiger partial charge < -0.3 is 15.4 Å². The number of amides is 1. The molecule has 2 heterocycles. The molecule has 17 heavy (non-hydrogen) atoms. The predicted molar refractivity (Wildman–Crippen MR) is 65.9 cm³/mol. The quantitative estimate of drug-likeness (QED) is 0.680. The number of ether oxygens (including phenoxy) is 1. The molecule has 0 unspecified atom stereocenters. The summed E-state index contributed by atoms with van der Waals surface area (Å²) < 4.78 is 5.72. The number of carbonyl (C=O) groups is 1. The molecular weight excluding hydrogens is 218 g/mol. The van der Waals surface area contributed by atoms with Crippen molar-refractivity contribution in [2.75, 3.05) is 53.0 Å². The van der Waals surface area contributed by atoms with E-state index < -0.39 is 0 Å². The molecule has 0 bridgehead atoms. The van der Waals surface area contributed by atoms with Crippen molar-refractivity contribution >= 4 is 5.91 Å². The summed E-state index contributed by atoms with van der Waals surface area (Å²) in [5.41, 5.74) is 0.211. The SMILES string of the molecule is CNC(=O)CN1CCOC[C@@]2(CCCNC2)C1. The fourth-order valence-electron chi connectivity index (χ4n) is 2.79. The van der Waals surface area contributed by atoms with Crippen LogP contribution in [0.4, 0.5) is 0 Å². The van der Waals surface area contributed by atoms with Crippen LogP contribution in [0.3, 0.4) is 0 Å². The summed E-state index contributed by atoms with van der Waals surface area (Å²) >= 11 is 0. The highest BCUT2D eigenvalue weighted by molar-refractivity contribution is 5.77. The number of likely N-dealkylation sites (N-methyl/N-ethyl adjacent to an activating group) is 1. The van der Waals surface area contributed by atoms with E-state index in [2.05, 4.69) is 15.5 Å². The maximum atomic E-state index is 11.5. The highest BCUT2D eigenvalue weighted by atomic mass is 16.5. The molecule has 0 saturated carbocycles. The van der Waals surface area contributed by atoms with Crippen molar-refractivity contribution in [3.05, 3.63) is 0 Å². The van der Waals surface area contributed by atoms with Gasteiger partial charge in [-0.25, -0.2) is 0 Å². The zero-order valence-corrected chi connectivity index (χ0v) is 10.6. The molecular formula is C12H23N3O2. The third-order valence-electron chi connectivity index (χ3n) is 3.73. The van der Waals surface area contributed by atoms with Gasteiger partial charge in [0.25, 0.3) is 0 Å². The normalized spacial score (nSPS) is 31.1. The first-order valence-corrected chi connectivity index (χ1v) is 6.46. The Hall–Kier alpha value is -0.650. The largest absolute Gasteiger partial charge is 0.379 e. The van der Waals surface area contributed by atoms with Crippen molar-refractivity contribution in [3.8, 4) is 0 Å². The Kier molecular flexibility index (Phi) is 4.36. The molecule has 0 aromatic carbocycles. The Balaban J connectivity index is 1.96. The van der Waals surface area contributed by atoms with Crippen LogP contribution in [0.25, 0.3) is 0 Å². The van der Waals surface area contributed by atoms with Crippen LogP contribution in [0, 0.1) is 5.41 Å². The van der Waals surface area contributed by atoms with Gasteiger partial charge in [0.2, 0.25) is 5.91 Å². The molecule has 2 aliphatic heterocycles. The van der Waals surface area contributed by atoms with Crippen LogP contribution in [0.15, 0.2) is 0 Å². The molecule has 98 valence electrons. The van der Waals surface area contributed by atoms with Crippen LogP contribution in [0.2, 0.25) is 0 Å². The number of hydrogen-bond donors (Lipinski definition) is 2. The van der Waals surface area contributed by atoms with Gasteiger partial charge in [-0.15, -0.1) is 0 Å². The minimum atomic E-state index is 0.0887. The van der Waals surface area contributed by atoms with Crippen LogP contribution >= 0.6 is 0 Å². The van der Waals surface area contributed by atoms with E-state index in [9.17, 15) is 4.79 Å². The maximum Gasteiger partial charge on any atom is 0.233 e. The second-order valence-corrected chi connectivity index (χ2v) is 5.22. The molecule has 5 nitrogen and oxygen atoms in total. The summed E-state index contributed by atoms with van der Waals surface area (Å²) in [6, 6.07) is 0. The summed E-state index contributed by atoms with van der Waals surface area (Å²) in [6.45, 7) is 5.99. The van der Waals surface area contributed by atoms with Gasteiger partial charge in [0.15, 0.2) is 0 Å². The summed E-state index contributed by atoms with van der Waals surface area (Å²) in [4.78, 5) is 13.7. The van der Waals surface area contributed by atoms with Crippen molar-refractivity contribution in [3.63, 3.8) is 0 Å². The third-order valence-corrected chi connectivity index (χ3v) is 3.73. The third kappa shape index (κ3) is 3.40. The average Bonchev–Trinajstić information content (AvgIpc) is 2.53. The van der Waals surface area contributed by atoms with Gasteiger partial charge in [0.1, 0.15) is 0 Å². The minimum Gasteiger partial charge on any atom is -0.379 e. The van der Waals surface area contributed by atoms with Crippen LogP contribution in [-0.2, 0) is 9.53 Å². The van der Waals surface area contributed by atoms with E-state index in [0.717, 1.165) is 39.4 Å². The van der Waals surface area contributed by atoms with Gasteiger partial charge in [0, 0.05) is 32.1 Å². The molecule has 2 N–H and O–H groups in total. The lowest BCUT2D eigenvalue weighted by atomic mass is 9.81. The molecule has 1 amide bonds. The van der Waals surface area contributed by atoms with E-state index in [1.54, 1.807) is 7.05 Å². The first-order valence-electron chi connectivity index (χ1n) is 6.46. The Morgan fingerprint density at radius 3 is 3.18 bits per heavy atom. The number of nitrogens with one attached hydrogen (secondary N) is 2. The summed E-state index contributed by atoms with van der Waals surface area (Å²) in [5.74, 6) is 0.0887. The van der Waals surface area contributed by atoms with E-state index in [1.807, 2.05) is 0 Å². The topological polar surface area (TPSA) is 53.6 Å². The number of rotatable bonds is 2. The van der Waals surface area contributed by atoms with Crippen LogP contribution in [0.5, 0.6) is 0 Å². The zero-order chi connectivity index (χ0) is 12.1. The van der Waals surface area contributed by atoms with Crippen LogP contribution in [-0.4, -0.2) is 63.8 Å². The van der Waals surface area contributed by atoms with Gasteiger partial charge in [-0.05, 0) is 19.4 Å². The van der Waals surface area contributed by atoms with Crippen LogP contribution in [0.1, 0.15) is 12.8 Å². The van der Waals surface area contributed by atoms with E-state index >= 15 is 0 Å². The van der Waals surface area contributed by atoms with Crippen molar-refractivity contribution in [1.82, 2.24) is 15.5 Å². The second-order valence-electron chi connectivity index (χ2n) is 5.22. The highest BCUT2D eigenvalue weighted by Gasteiger charge is 2.36. The van der Waals surface area contributed by atoms with E-state index in [0.29, 0.717) is 6.54 Å². The second kappa shape index (κ2) is 5.80. The Bertz CT molecular complexity index is 264. The molecule has 2 saturated heterocycles. The average molecular weight is 241 g/mol. The van der Waals surface area contributed by atoms with Crippen molar-refractivity contribution in [2.45, 2.75) is 12.8 Å².